The molecule has 0 unspecified atom stereocenters. The van der Waals surface area contributed by atoms with Gasteiger partial charge in [0.1, 0.15) is 10.6 Å². The molecule has 0 aliphatic carbocycles. The second-order valence-electron chi connectivity index (χ2n) is 5.57. The zero-order valence-electron chi connectivity index (χ0n) is 14.9. The zero-order chi connectivity index (χ0) is 18.6. The molecule has 0 saturated carbocycles. The van der Waals surface area contributed by atoms with Crippen LogP contribution in [0.1, 0.15) is 42.3 Å². The minimum absolute atomic E-state index is 0.0378. The summed E-state index contributed by atoms with van der Waals surface area (Å²) < 4.78 is 1.13. The molecule has 0 atom stereocenters. The Morgan fingerprint density at radius 3 is 2.48 bits per heavy atom. The Morgan fingerprint density at radius 2 is 1.92 bits per heavy atom. The van der Waals surface area contributed by atoms with Gasteiger partial charge in [-0.25, -0.2) is 9.59 Å². The molecule has 1 aromatic heterocycles. The second-order valence-corrected chi connectivity index (χ2v) is 6.57. The first-order chi connectivity index (χ1) is 11.9. The van der Waals surface area contributed by atoms with E-state index in [1.54, 1.807) is 4.90 Å². The molecular formula is C18H23N3O3S. The van der Waals surface area contributed by atoms with Crippen LogP contribution in [0, 0.1) is 6.92 Å². The Bertz CT molecular complexity index is 782. The van der Waals surface area contributed by atoms with Gasteiger partial charge in [0.2, 0.25) is 0 Å². The van der Waals surface area contributed by atoms with Gasteiger partial charge in [-0.3, -0.25) is 0 Å². The van der Waals surface area contributed by atoms with Crippen molar-refractivity contribution < 1.29 is 14.7 Å². The molecule has 25 heavy (non-hydrogen) atoms. The number of nitrogens with zero attached hydrogens (tertiary/aromatic N) is 3. The monoisotopic (exact) mass is 361 g/mol. The molecule has 2 rings (SSSR count). The number of amides is 1. The van der Waals surface area contributed by atoms with E-state index in [0.717, 1.165) is 27.1 Å². The summed E-state index contributed by atoms with van der Waals surface area (Å²) in [5, 5.41) is 14.1. The average molecular weight is 361 g/mol. The van der Waals surface area contributed by atoms with Crippen molar-refractivity contribution in [1.29, 1.82) is 0 Å². The molecule has 134 valence electrons. The third kappa shape index (κ3) is 4.04. The third-order valence-corrected chi connectivity index (χ3v) is 5.30. The fourth-order valence-corrected chi connectivity index (χ4v) is 3.70. The van der Waals surface area contributed by atoms with Gasteiger partial charge in [-0.15, -0.1) is 0 Å². The summed E-state index contributed by atoms with van der Waals surface area (Å²) in [6.07, 6.45) is 2.14. The van der Waals surface area contributed by atoms with E-state index in [9.17, 15) is 14.7 Å². The van der Waals surface area contributed by atoms with E-state index >= 15 is 0 Å². The first-order valence-electron chi connectivity index (χ1n) is 8.31. The number of aromatic nitrogens is 2. The van der Waals surface area contributed by atoms with Crippen molar-refractivity contribution in [3.05, 3.63) is 41.1 Å². The Morgan fingerprint density at radius 1 is 1.24 bits per heavy atom. The van der Waals surface area contributed by atoms with Crippen LogP contribution in [0.15, 0.2) is 34.3 Å². The lowest BCUT2D eigenvalue weighted by molar-refractivity contribution is 0.0693. The van der Waals surface area contributed by atoms with E-state index in [-0.39, 0.29) is 11.6 Å². The predicted molar refractivity (Wildman–Crippen MR) is 97.6 cm³/mol. The summed E-state index contributed by atoms with van der Waals surface area (Å²) in [4.78, 5) is 26.7. The molecule has 6 nitrogen and oxygen atoms in total. The molecule has 7 heteroatoms. The van der Waals surface area contributed by atoms with Crippen LogP contribution >= 0.6 is 11.8 Å². The zero-order valence-corrected chi connectivity index (χ0v) is 15.8. The molecular weight excluding hydrogens is 338 g/mol. The fourth-order valence-electron chi connectivity index (χ4n) is 2.55. The molecule has 0 fully saturated rings. The Kier molecular flexibility index (Phi) is 6.25. The van der Waals surface area contributed by atoms with Crippen LogP contribution in [0.5, 0.6) is 0 Å². The predicted octanol–water partition coefficient (Wildman–Crippen LogP) is 3.91. The Hall–Kier alpha value is -2.28. The van der Waals surface area contributed by atoms with E-state index in [1.807, 2.05) is 39.0 Å². The van der Waals surface area contributed by atoms with Crippen molar-refractivity contribution >= 4 is 23.8 Å². The maximum atomic E-state index is 12.5. The highest BCUT2D eigenvalue weighted by Crippen LogP contribution is 2.34. The molecule has 0 aliphatic rings. The van der Waals surface area contributed by atoms with E-state index < -0.39 is 5.97 Å². The van der Waals surface area contributed by atoms with Crippen LogP contribution in [0.3, 0.4) is 0 Å². The maximum Gasteiger partial charge on any atom is 0.344 e. The molecule has 1 heterocycles. The number of hydrogen-bond donors (Lipinski definition) is 1. The van der Waals surface area contributed by atoms with Gasteiger partial charge in [0.05, 0.1) is 6.20 Å². The molecule has 1 N–H and O–H groups in total. The summed E-state index contributed by atoms with van der Waals surface area (Å²) in [6.45, 7) is 8.87. The van der Waals surface area contributed by atoms with Gasteiger partial charge < -0.3 is 10.0 Å². The van der Waals surface area contributed by atoms with Crippen molar-refractivity contribution in [1.82, 2.24) is 14.7 Å². The number of carboxylic acid groups (broad SMARTS) is 1. The average Bonchev–Trinajstić information content (AvgIpc) is 3.02. The first kappa shape index (κ1) is 19.1. The SMILES string of the molecule is CCc1cccc(C)c1Sc1nn(C(=O)N(CC)CC)cc1C(=O)O. The highest BCUT2D eigenvalue weighted by atomic mass is 32.2. The van der Waals surface area contributed by atoms with Gasteiger partial charge in [0.25, 0.3) is 0 Å². The minimum Gasteiger partial charge on any atom is -0.478 e. The molecule has 0 spiro atoms. The van der Waals surface area contributed by atoms with E-state index in [1.165, 1.54) is 18.0 Å². The Labute approximate surface area is 151 Å². The van der Waals surface area contributed by atoms with Gasteiger partial charge in [0, 0.05) is 18.0 Å². The molecule has 0 radical (unpaired) electrons. The normalized spacial score (nSPS) is 10.7. The number of benzene rings is 1. The fraction of sp³-hybridized carbons (Fsp3) is 0.389. The van der Waals surface area contributed by atoms with Crippen LogP contribution in [0.2, 0.25) is 0 Å². The number of carbonyl (C=O) groups excluding carboxylic acids is 1. The van der Waals surface area contributed by atoms with Crippen molar-refractivity contribution in [2.45, 2.75) is 44.0 Å². The van der Waals surface area contributed by atoms with Crippen molar-refractivity contribution in [2.24, 2.45) is 0 Å². The molecule has 1 aromatic carbocycles. The first-order valence-corrected chi connectivity index (χ1v) is 9.13. The van der Waals surface area contributed by atoms with E-state index in [2.05, 4.69) is 12.0 Å². The molecule has 0 bridgehead atoms. The smallest absolute Gasteiger partial charge is 0.344 e. The van der Waals surface area contributed by atoms with Crippen molar-refractivity contribution in [3.8, 4) is 0 Å². The molecule has 0 aliphatic heterocycles. The van der Waals surface area contributed by atoms with E-state index in [4.69, 9.17) is 0 Å². The largest absolute Gasteiger partial charge is 0.478 e. The number of aryl methyl sites for hydroxylation is 2. The number of carboxylic acids is 1. The van der Waals surface area contributed by atoms with Gasteiger partial charge in [-0.05, 0) is 38.3 Å². The van der Waals surface area contributed by atoms with Crippen LogP contribution in [-0.4, -0.2) is 44.9 Å². The third-order valence-electron chi connectivity index (χ3n) is 4.01. The number of carbonyl (C=O) groups is 2. The topological polar surface area (TPSA) is 75.4 Å². The number of aromatic carboxylic acids is 1. The van der Waals surface area contributed by atoms with Crippen molar-refractivity contribution in [3.63, 3.8) is 0 Å². The molecule has 1 amide bonds. The van der Waals surface area contributed by atoms with Crippen LogP contribution in [0.4, 0.5) is 4.79 Å². The highest BCUT2D eigenvalue weighted by Gasteiger charge is 2.22. The lowest BCUT2D eigenvalue weighted by atomic mass is 10.1. The quantitative estimate of drug-likeness (QED) is 0.844. The van der Waals surface area contributed by atoms with Gasteiger partial charge >= 0.3 is 12.0 Å². The van der Waals surface area contributed by atoms with Crippen LogP contribution in [0.25, 0.3) is 0 Å². The number of rotatable bonds is 6. The van der Waals surface area contributed by atoms with E-state index in [0.29, 0.717) is 18.1 Å². The van der Waals surface area contributed by atoms with Gasteiger partial charge in [-0.2, -0.15) is 9.78 Å². The summed E-state index contributed by atoms with van der Waals surface area (Å²) in [5.41, 5.74) is 2.23. The Balaban J connectivity index is 2.45. The van der Waals surface area contributed by atoms with Crippen LogP contribution in [-0.2, 0) is 6.42 Å². The van der Waals surface area contributed by atoms with Crippen molar-refractivity contribution in [2.75, 3.05) is 13.1 Å². The lowest BCUT2D eigenvalue weighted by Crippen LogP contribution is -2.34. The maximum absolute atomic E-state index is 12.5. The molecule has 2 aromatic rings. The second kappa shape index (κ2) is 8.20. The lowest BCUT2D eigenvalue weighted by Gasteiger charge is -2.17. The van der Waals surface area contributed by atoms with Gasteiger partial charge in [-0.1, -0.05) is 36.9 Å². The summed E-state index contributed by atoms with van der Waals surface area (Å²) in [5.74, 6) is -1.09. The summed E-state index contributed by atoms with van der Waals surface area (Å²) >= 11 is 1.30. The minimum atomic E-state index is -1.09. The van der Waals surface area contributed by atoms with Crippen LogP contribution < -0.4 is 0 Å². The molecule has 0 saturated heterocycles. The summed E-state index contributed by atoms with van der Waals surface area (Å²) in [7, 11) is 0. The highest BCUT2D eigenvalue weighted by molar-refractivity contribution is 7.99. The summed E-state index contributed by atoms with van der Waals surface area (Å²) in [6, 6.07) is 5.67. The number of hydrogen-bond acceptors (Lipinski definition) is 4. The standard InChI is InChI=1S/C18H23N3O3S/c1-5-13-10-8-9-12(4)15(13)25-16-14(17(22)23)11-21(19-16)18(24)20(6-2)7-3/h8-11H,5-7H2,1-4H3,(H,22,23). The van der Waals surface area contributed by atoms with Gasteiger partial charge in [0.15, 0.2) is 0 Å².